The van der Waals surface area contributed by atoms with Gasteiger partial charge in [0.15, 0.2) is 0 Å². The third kappa shape index (κ3) is 4.46. The van der Waals surface area contributed by atoms with Gasteiger partial charge in [0.25, 0.3) is 5.91 Å². The molecule has 4 atom stereocenters. The molecule has 2 aliphatic carbocycles. The summed E-state index contributed by atoms with van der Waals surface area (Å²) < 4.78 is 5.70. The first-order valence-corrected chi connectivity index (χ1v) is 9.28. The first kappa shape index (κ1) is 18.1. The summed E-state index contributed by atoms with van der Waals surface area (Å²) in [7, 11) is 0. The van der Waals surface area contributed by atoms with Crippen molar-refractivity contribution in [3.05, 3.63) is 17.6 Å². The molecule has 2 saturated carbocycles. The number of primary amides is 1. The molecule has 2 fully saturated rings. The number of aliphatic hydroxyl groups excluding tert-OH is 1. The Bertz CT molecular complexity index is 610. The minimum absolute atomic E-state index is 0.0883. The van der Waals surface area contributed by atoms with E-state index >= 15 is 0 Å². The summed E-state index contributed by atoms with van der Waals surface area (Å²) in [5.74, 6) is 1.10. The lowest BCUT2D eigenvalue weighted by atomic mass is 10.0. The van der Waals surface area contributed by atoms with Crippen LogP contribution in [0.15, 0.2) is 6.20 Å². The maximum Gasteiger partial charge on any atom is 0.254 e. The average molecular weight is 348 g/mol. The van der Waals surface area contributed by atoms with Crippen molar-refractivity contribution in [3.8, 4) is 0 Å². The summed E-state index contributed by atoms with van der Waals surface area (Å²) in [6.45, 7) is 2.77. The van der Waals surface area contributed by atoms with Crippen LogP contribution in [-0.4, -0.2) is 45.8 Å². The Balaban J connectivity index is 1.70. The normalized spacial score (nSPS) is 29.0. The summed E-state index contributed by atoms with van der Waals surface area (Å²) in [5, 5.41) is 13.2. The van der Waals surface area contributed by atoms with Crippen molar-refractivity contribution in [2.24, 2.45) is 11.7 Å². The third-order valence-electron chi connectivity index (χ3n) is 5.27. The molecular formula is C18H28N4O3. The number of aromatic nitrogens is 2. The van der Waals surface area contributed by atoms with E-state index in [0.29, 0.717) is 23.7 Å². The van der Waals surface area contributed by atoms with Gasteiger partial charge in [-0.05, 0) is 51.4 Å². The highest BCUT2D eigenvalue weighted by atomic mass is 16.5. The molecule has 138 valence electrons. The number of anilines is 1. The van der Waals surface area contributed by atoms with Crippen molar-refractivity contribution < 1.29 is 14.6 Å². The molecule has 0 radical (unpaired) electrons. The quantitative estimate of drug-likeness (QED) is 0.691. The predicted molar refractivity (Wildman–Crippen MR) is 94.3 cm³/mol. The molecule has 1 aromatic rings. The third-order valence-corrected chi connectivity index (χ3v) is 5.27. The van der Waals surface area contributed by atoms with Gasteiger partial charge >= 0.3 is 0 Å². The monoisotopic (exact) mass is 348 g/mol. The zero-order chi connectivity index (χ0) is 17.8. The van der Waals surface area contributed by atoms with Crippen LogP contribution in [0.3, 0.4) is 0 Å². The average Bonchev–Trinajstić information content (AvgIpc) is 3.17. The van der Waals surface area contributed by atoms with E-state index in [1.807, 2.05) is 6.92 Å². The molecule has 7 nitrogen and oxygen atoms in total. The van der Waals surface area contributed by atoms with Gasteiger partial charge in [-0.15, -0.1) is 0 Å². The lowest BCUT2D eigenvalue weighted by Crippen LogP contribution is -2.30. The number of nitrogens with two attached hydrogens (primary N) is 1. The maximum atomic E-state index is 11.7. The van der Waals surface area contributed by atoms with E-state index in [-0.39, 0.29) is 11.6 Å². The fraction of sp³-hybridized carbons (Fsp3) is 0.722. The number of carbonyl (C=O) groups excluding carboxylic acids is 1. The number of hydrogen-bond acceptors (Lipinski definition) is 6. The standard InChI is InChI=1S/C18H28N4O3/c1-2-25-12-7-6-11(8-12)9-16-20-10-13(17(19)24)18(22-16)21-14-4-3-5-15(14)23/h10-12,14-15,23H,2-9H2,1H3,(H2,19,24)(H,20,21,22)/t11-,12-,14-,15-/m0/s1. The first-order valence-electron chi connectivity index (χ1n) is 9.28. The Morgan fingerprint density at radius 1 is 1.40 bits per heavy atom. The molecule has 0 unspecified atom stereocenters. The van der Waals surface area contributed by atoms with E-state index < -0.39 is 12.0 Å². The fourth-order valence-corrected chi connectivity index (χ4v) is 3.95. The van der Waals surface area contributed by atoms with Crippen molar-refractivity contribution >= 4 is 11.7 Å². The molecule has 0 spiro atoms. The van der Waals surface area contributed by atoms with Crippen LogP contribution < -0.4 is 11.1 Å². The van der Waals surface area contributed by atoms with Crippen molar-refractivity contribution in [1.29, 1.82) is 0 Å². The number of amides is 1. The van der Waals surface area contributed by atoms with Crippen LogP contribution in [0.25, 0.3) is 0 Å². The second-order valence-corrected chi connectivity index (χ2v) is 7.12. The van der Waals surface area contributed by atoms with Crippen LogP contribution in [0, 0.1) is 5.92 Å². The summed E-state index contributed by atoms with van der Waals surface area (Å²) >= 11 is 0. The number of nitrogens with zero attached hydrogens (tertiary/aromatic N) is 2. The Morgan fingerprint density at radius 3 is 2.92 bits per heavy atom. The number of rotatable bonds is 7. The van der Waals surface area contributed by atoms with Gasteiger partial charge in [0.1, 0.15) is 11.6 Å². The molecule has 1 heterocycles. The van der Waals surface area contributed by atoms with E-state index in [0.717, 1.165) is 51.6 Å². The number of carbonyl (C=O) groups is 1. The molecule has 0 aliphatic heterocycles. The van der Waals surface area contributed by atoms with Crippen LogP contribution >= 0.6 is 0 Å². The lowest BCUT2D eigenvalue weighted by molar-refractivity contribution is 0.0654. The number of nitrogens with one attached hydrogen (secondary N) is 1. The van der Waals surface area contributed by atoms with E-state index in [2.05, 4.69) is 15.3 Å². The molecule has 1 aromatic heterocycles. The summed E-state index contributed by atoms with van der Waals surface area (Å²) in [5.41, 5.74) is 5.73. The molecular weight excluding hydrogens is 320 g/mol. The second-order valence-electron chi connectivity index (χ2n) is 7.12. The number of hydrogen-bond donors (Lipinski definition) is 3. The molecule has 0 bridgehead atoms. The Morgan fingerprint density at radius 2 is 2.24 bits per heavy atom. The van der Waals surface area contributed by atoms with Gasteiger partial charge in [-0.2, -0.15) is 0 Å². The Hall–Kier alpha value is -1.73. The highest BCUT2D eigenvalue weighted by molar-refractivity contribution is 5.97. The Labute approximate surface area is 148 Å². The first-order chi connectivity index (χ1) is 12.1. The maximum absolute atomic E-state index is 11.7. The van der Waals surface area contributed by atoms with Gasteiger partial charge in [0, 0.05) is 19.2 Å². The smallest absolute Gasteiger partial charge is 0.254 e. The minimum atomic E-state index is -0.557. The molecule has 1 amide bonds. The summed E-state index contributed by atoms with van der Waals surface area (Å²) in [6.07, 6.45) is 8.00. The molecule has 3 rings (SSSR count). The molecule has 2 aliphatic rings. The van der Waals surface area contributed by atoms with E-state index in [1.54, 1.807) is 0 Å². The SMILES string of the molecule is CCO[C@H]1CC[C@H](Cc2ncc(C(N)=O)c(N[C@H]3CCC[C@@H]3O)n2)C1. The van der Waals surface area contributed by atoms with Gasteiger partial charge in [-0.25, -0.2) is 9.97 Å². The van der Waals surface area contributed by atoms with Gasteiger partial charge in [0.2, 0.25) is 0 Å². The topological polar surface area (TPSA) is 110 Å². The van der Waals surface area contributed by atoms with Crippen LogP contribution in [0.4, 0.5) is 5.82 Å². The zero-order valence-corrected chi connectivity index (χ0v) is 14.8. The predicted octanol–water partition coefficient (Wildman–Crippen LogP) is 1.65. The van der Waals surface area contributed by atoms with Crippen molar-refractivity contribution in [1.82, 2.24) is 9.97 Å². The molecule has 0 saturated heterocycles. The zero-order valence-electron chi connectivity index (χ0n) is 14.8. The van der Waals surface area contributed by atoms with Gasteiger partial charge in [0.05, 0.1) is 23.8 Å². The number of ether oxygens (including phenoxy) is 1. The van der Waals surface area contributed by atoms with E-state index in [4.69, 9.17) is 10.5 Å². The highest BCUT2D eigenvalue weighted by Gasteiger charge is 2.28. The van der Waals surface area contributed by atoms with Crippen LogP contribution in [0.5, 0.6) is 0 Å². The largest absolute Gasteiger partial charge is 0.391 e. The van der Waals surface area contributed by atoms with Crippen LogP contribution in [0.2, 0.25) is 0 Å². The molecule has 25 heavy (non-hydrogen) atoms. The summed E-state index contributed by atoms with van der Waals surface area (Å²) in [4.78, 5) is 20.6. The van der Waals surface area contributed by atoms with Crippen LogP contribution in [-0.2, 0) is 11.2 Å². The molecule has 7 heteroatoms. The van der Waals surface area contributed by atoms with Crippen molar-refractivity contribution in [3.63, 3.8) is 0 Å². The van der Waals surface area contributed by atoms with E-state index in [9.17, 15) is 9.90 Å². The highest BCUT2D eigenvalue weighted by Crippen LogP contribution is 2.30. The summed E-state index contributed by atoms with van der Waals surface area (Å²) in [6, 6.07) is -0.0883. The lowest BCUT2D eigenvalue weighted by Gasteiger charge is -2.19. The molecule has 4 N–H and O–H groups in total. The van der Waals surface area contributed by atoms with Gasteiger partial charge < -0.3 is 20.9 Å². The molecule has 0 aromatic carbocycles. The van der Waals surface area contributed by atoms with E-state index in [1.165, 1.54) is 6.20 Å². The number of aliphatic hydroxyl groups is 1. The van der Waals surface area contributed by atoms with Crippen LogP contribution in [0.1, 0.15) is 61.6 Å². The van der Waals surface area contributed by atoms with Crippen molar-refractivity contribution in [2.45, 2.75) is 70.1 Å². The van der Waals surface area contributed by atoms with Crippen molar-refractivity contribution in [2.75, 3.05) is 11.9 Å². The minimum Gasteiger partial charge on any atom is -0.391 e. The fourth-order valence-electron chi connectivity index (χ4n) is 3.95. The van der Waals surface area contributed by atoms with Gasteiger partial charge in [-0.1, -0.05) is 0 Å². The Kier molecular flexibility index (Phi) is 5.86. The second kappa shape index (κ2) is 8.10. The van der Waals surface area contributed by atoms with Gasteiger partial charge in [-0.3, -0.25) is 4.79 Å².